The number of nitrogens with zero attached hydrogens (tertiary/aromatic N) is 3. The van der Waals surface area contributed by atoms with E-state index in [9.17, 15) is 4.79 Å². The van der Waals surface area contributed by atoms with Gasteiger partial charge < -0.3 is 14.7 Å². The molecule has 2 aliphatic heterocycles. The molecule has 0 aromatic carbocycles. The lowest BCUT2D eigenvalue weighted by Gasteiger charge is -2.32. The number of likely N-dealkylation sites (tertiary alicyclic amines) is 1. The van der Waals surface area contributed by atoms with Crippen molar-refractivity contribution < 1.29 is 9.32 Å². The molecule has 3 heterocycles. The van der Waals surface area contributed by atoms with Crippen LogP contribution in [0.15, 0.2) is 10.6 Å². The standard InChI is InChI=1S/C17H28N4O2/c1-4-13-9-16(23-19-13)10-18-17(22)20-8-7-14-5-6-15(11-20)21(14)12(2)3/h9,12,14-15H,4-8,10-11H2,1-3H3,(H,18,22). The normalized spacial score (nSPS) is 25.0. The van der Waals surface area contributed by atoms with Crippen molar-refractivity contribution in [3.63, 3.8) is 0 Å². The second-order valence-corrected chi connectivity index (χ2v) is 6.96. The van der Waals surface area contributed by atoms with Crippen LogP contribution in [0.4, 0.5) is 4.79 Å². The molecule has 1 aromatic rings. The maximum Gasteiger partial charge on any atom is 0.317 e. The second kappa shape index (κ2) is 6.91. The van der Waals surface area contributed by atoms with Crippen LogP contribution in [-0.2, 0) is 13.0 Å². The minimum atomic E-state index is 0.00991. The highest BCUT2D eigenvalue weighted by atomic mass is 16.5. The first-order valence-corrected chi connectivity index (χ1v) is 8.83. The summed E-state index contributed by atoms with van der Waals surface area (Å²) in [5.41, 5.74) is 0.925. The number of amides is 2. The quantitative estimate of drug-likeness (QED) is 0.925. The van der Waals surface area contributed by atoms with E-state index in [0.29, 0.717) is 24.7 Å². The van der Waals surface area contributed by atoms with E-state index in [0.717, 1.165) is 37.4 Å². The smallest absolute Gasteiger partial charge is 0.317 e. The molecule has 2 atom stereocenters. The zero-order valence-corrected chi connectivity index (χ0v) is 14.4. The summed E-state index contributed by atoms with van der Waals surface area (Å²) in [6.07, 6.45) is 4.40. The molecule has 1 aromatic heterocycles. The van der Waals surface area contributed by atoms with Crippen molar-refractivity contribution in [1.29, 1.82) is 0 Å². The molecule has 2 aliphatic rings. The minimum absolute atomic E-state index is 0.00991. The third kappa shape index (κ3) is 3.52. The fourth-order valence-corrected chi connectivity index (χ4v) is 4.02. The number of hydrogen-bond donors (Lipinski definition) is 1. The van der Waals surface area contributed by atoms with Crippen LogP contribution in [0.1, 0.15) is 51.5 Å². The fraction of sp³-hybridized carbons (Fsp3) is 0.765. The highest BCUT2D eigenvalue weighted by molar-refractivity contribution is 5.74. The monoisotopic (exact) mass is 320 g/mol. The van der Waals surface area contributed by atoms with Crippen molar-refractivity contribution in [3.8, 4) is 0 Å². The second-order valence-electron chi connectivity index (χ2n) is 6.96. The molecule has 2 amide bonds. The number of carbonyl (C=O) groups is 1. The van der Waals surface area contributed by atoms with Crippen molar-refractivity contribution in [1.82, 2.24) is 20.3 Å². The molecule has 128 valence electrons. The minimum Gasteiger partial charge on any atom is -0.359 e. The number of aryl methyl sites for hydroxylation is 1. The van der Waals surface area contributed by atoms with Crippen molar-refractivity contribution >= 4 is 6.03 Å². The lowest BCUT2D eigenvalue weighted by atomic mass is 10.1. The summed E-state index contributed by atoms with van der Waals surface area (Å²) in [5, 5.41) is 6.93. The third-order valence-electron chi connectivity index (χ3n) is 5.11. The Labute approximate surface area is 138 Å². The molecule has 2 unspecified atom stereocenters. The van der Waals surface area contributed by atoms with Gasteiger partial charge in [0.15, 0.2) is 5.76 Å². The summed E-state index contributed by atoms with van der Waals surface area (Å²) in [5.74, 6) is 0.718. The zero-order chi connectivity index (χ0) is 16.4. The molecule has 1 N–H and O–H groups in total. The number of carbonyl (C=O) groups excluding carboxylic acids is 1. The van der Waals surface area contributed by atoms with Gasteiger partial charge in [0, 0.05) is 37.3 Å². The van der Waals surface area contributed by atoms with E-state index in [1.807, 2.05) is 17.9 Å². The van der Waals surface area contributed by atoms with Crippen LogP contribution in [0, 0.1) is 0 Å². The number of fused-ring (bicyclic) bond motifs is 2. The average molecular weight is 320 g/mol. The Hall–Kier alpha value is -1.56. The number of urea groups is 1. The van der Waals surface area contributed by atoms with Gasteiger partial charge in [-0.05, 0) is 39.5 Å². The number of nitrogens with one attached hydrogen (secondary N) is 1. The Morgan fingerprint density at radius 2 is 2.17 bits per heavy atom. The van der Waals surface area contributed by atoms with Crippen LogP contribution in [0.5, 0.6) is 0 Å². The molecular weight excluding hydrogens is 292 g/mol. The highest BCUT2D eigenvalue weighted by Gasteiger charge is 2.39. The van der Waals surface area contributed by atoms with Gasteiger partial charge in [-0.25, -0.2) is 4.79 Å². The largest absolute Gasteiger partial charge is 0.359 e. The van der Waals surface area contributed by atoms with Crippen molar-refractivity contribution in [2.45, 2.75) is 71.1 Å². The maximum absolute atomic E-state index is 12.5. The van der Waals surface area contributed by atoms with Crippen LogP contribution in [0.25, 0.3) is 0 Å². The van der Waals surface area contributed by atoms with Crippen molar-refractivity contribution in [2.75, 3.05) is 13.1 Å². The summed E-state index contributed by atoms with van der Waals surface area (Å²) in [7, 11) is 0. The Kier molecular flexibility index (Phi) is 4.90. The molecule has 0 radical (unpaired) electrons. The van der Waals surface area contributed by atoms with E-state index in [1.165, 1.54) is 12.8 Å². The summed E-state index contributed by atoms with van der Waals surface area (Å²) < 4.78 is 5.22. The topological polar surface area (TPSA) is 61.6 Å². The van der Waals surface area contributed by atoms with E-state index in [4.69, 9.17) is 4.52 Å². The summed E-state index contributed by atoms with van der Waals surface area (Å²) in [4.78, 5) is 17.1. The number of aromatic nitrogens is 1. The van der Waals surface area contributed by atoms with Crippen molar-refractivity contribution in [2.24, 2.45) is 0 Å². The van der Waals surface area contributed by atoms with Crippen LogP contribution < -0.4 is 5.32 Å². The van der Waals surface area contributed by atoms with Gasteiger partial charge in [0.05, 0.1) is 12.2 Å². The Bertz CT molecular complexity index is 542. The third-order valence-corrected chi connectivity index (χ3v) is 5.11. The molecule has 3 rings (SSSR count). The van der Waals surface area contributed by atoms with Crippen molar-refractivity contribution in [3.05, 3.63) is 17.5 Å². The average Bonchev–Trinajstić information content (AvgIpc) is 3.08. The van der Waals surface area contributed by atoms with Gasteiger partial charge in [-0.2, -0.15) is 0 Å². The Balaban J connectivity index is 1.56. The first-order chi connectivity index (χ1) is 11.1. The molecule has 0 saturated carbocycles. The molecular formula is C17H28N4O2. The van der Waals surface area contributed by atoms with E-state index in [1.54, 1.807) is 0 Å². The summed E-state index contributed by atoms with van der Waals surface area (Å²) in [6, 6.07) is 3.61. The Morgan fingerprint density at radius 3 is 2.87 bits per heavy atom. The molecule has 2 fully saturated rings. The Morgan fingerprint density at radius 1 is 1.39 bits per heavy atom. The molecule has 0 spiro atoms. The highest BCUT2D eigenvalue weighted by Crippen LogP contribution is 2.31. The van der Waals surface area contributed by atoms with Gasteiger partial charge in [-0.1, -0.05) is 12.1 Å². The molecule has 2 bridgehead atoms. The first-order valence-electron chi connectivity index (χ1n) is 8.83. The van der Waals surface area contributed by atoms with Gasteiger partial charge in [0.25, 0.3) is 0 Å². The summed E-state index contributed by atoms with van der Waals surface area (Å²) in [6.45, 7) is 8.63. The fourth-order valence-electron chi connectivity index (χ4n) is 4.02. The lowest BCUT2D eigenvalue weighted by Crippen LogP contribution is -2.46. The first kappa shape index (κ1) is 16.3. The predicted molar refractivity (Wildman–Crippen MR) is 88.1 cm³/mol. The van der Waals surface area contributed by atoms with E-state index in [2.05, 4.69) is 29.2 Å². The number of hydrogen-bond acceptors (Lipinski definition) is 4. The van der Waals surface area contributed by atoms with Gasteiger partial charge in [-0.3, -0.25) is 4.90 Å². The summed E-state index contributed by atoms with van der Waals surface area (Å²) >= 11 is 0. The molecule has 6 nitrogen and oxygen atoms in total. The van der Waals surface area contributed by atoms with Crippen LogP contribution >= 0.6 is 0 Å². The predicted octanol–water partition coefficient (Wildman–Crippen LogP) is 2.39. The zero-order valence-electron chi connectivity index (χ0n) is 14.4. The van der Waals surface area contributed by atoms with Crippen LogP contribution in [0.3, 0.4) is 0 Å². The number of rotatable bonds is 4. The van der Waals surface area contributed by atoms with E-state index >= 15 is 0 Å². The molecule has 23 heavy (non-hydrogen) atoms. The van der Waals surface area contributed by atoms with Gasteiger partial charge >= 0.3 is 6.03 Å². The lowest BCUT2D eigenvalue weighted by molar-refractivity contribution is 0.147. The van der Waals surface area contributed by atoms with Gasteiger partial charge in [0.2, 0.25) is 0 Å². The van der Waals surface area contributed by atoms with Gasteiger partial charge in [-0.15, -0.1) is 0 Å². The van der Waals surface area contributed by atoms with Crippen LogP contribution in [-0.4, -0.2) is 52.2 Å². The van der Waals surface area contributed by atoms with Crippen LogP contribution in [0.2, 0.25) is 0 Å². The van der Waals surface area contributed by atoms with E-state index in [-0.39, 0.29) is 6.03 Å². The van der Waals surface area contributed by atoms with Gasteiger partial charge in [0.1, 0.15) is 0 Å². The molecule has 6 heteroatoms. The maximum atomic E-state index is 12.5. The molecule has 0 aliphatic carbocycles. The van der Waals surface area contributed by atoms with E-state index < -0.39 is 0 Å². The SMILES string of the molecule is CCc1cc(CNC(=O)N2CCC3CCC(C2)N3C(C)C)on1. The molecule has 2 saturated heterocycles.